The van der Waals surface area contributed by atoms with E-state index >= 15 is 0 Å². The van der Waals surface area contributed by atoms with E-state index in [1.807, 2.05) is 18.2 Å². The summed E-state index contributed by atoms with van der Waals surface area (Å²) in [6.07, 6.45) is 0.861. The molecule has 0 aliphatic rings. The second kappa shape index (κ2) is 6.32. The topological polar surface area (TPSA) is 64.4 Å². The van der Waals surface area contributed by atoms with Crippen molar-refractivity contribution < 1.29 is 14.1 Å². The summed E-state index contributed by atoms with van der Waals surface area (Å²) in [6, 6.07) is 15.9. The number of amides is 1. The quantitative estimate of drug-likeness (QED) is 0.767. The number of ether oxygens (including phenoxy) is 1. The van der Waals surface area contributed by atoms with Crippen LogP contribution in [0.2, 0.25) is 5.02 Å². The number of rotatable bonds is 3. The van der Waals surface area contributed by atoms with E-state index in [0.717, 1.165) is 5.56 Å². The number of para-hydroxylation sites is 1. The summed E-state index contributed by atoms with van der Waals surface area (Å²) >= 11 is 5.86. The van der Waals surface area contributed by atoms with Gasteiger partial charge in [-0.2, -0.15) is 0 Å². The minimum absolute atomic E-state index is 0.211. The zero-order valence-corrected chi connectivity index (χ0v) is 12.1. The molecule has 1 heterocycles. The lowest BCUT2D eigenvalue weighted by Crippen LogP contribution is -2.16. The van der Waals surface area contributed by atoms with Crippen molar-refractivity contribution in [1.82, 2.24) is 5.16 Å². The number of nitrogens with one attached hydrogen (secondary N) is 1. The van der Waals surface area contributed by atoms with E-state index in [0.29, 0.717) is 16.3 Å². The third-order valence-electron chi connectivity index (χ3n) is 2.89. The lowest BCUT2D eigenvalue weighted by molar-refractivity contribution is 0.214. The molecule has 6 heteroatoms. The molecular weight excluding hydrogens is 304 g/mol. The normalized spacial score (nSPS) is 10.2. The summed E-state index contributed by atoms with van der Waals surface area (Å²) in [4.78, 5) is 11.9. The van der Waals surface area contributed by atoms with Crippen molar-refractivity contribution in [3.63, 3.8) is 0 Å². The smallest absolute Gasteiger partial charge is 0.410 e. The number of benzene rings is 2. The Balaban J connectivity index is 1.75. The molecule has 2 aromatic carbocycles. The zero-order valence-electron chi connectivity index (χ0n) is 11.3. The third-order valence-corrected chi connectivity index (χ3v) is 3.15. The Hall–Kier alpha value is -2.79. The minimum Gasteiger partial charge on any atom is -0.410 e. The summed E-state index contributed by atoms with van der Waals surface area (Å²) in [5, 5.41) is 6.85. The lowest BCUT2D eigenvalue weighted by atomic mass is 10.1. The second-order valence-electron chi connectivity index (χ2n) is 4.40. The zero-order chi connectivity index (χ0) is 15.4. The van der Waals surface area contributed by atoms with Crippen molar-refractivity contribution in [2.24, 2.45) is 0 Å². The van der Waals surface area contributed by atoms with Gasteiger partial charge in [0.25, 0.3) is 0 Å². The SMILES string of the molecule is O=C(Nc1oncc1-c1ccc(Cl)cc1)Oc1ccccc1. The van der Waals surface area contributed by atoms with Crippen molar-refractivity contribution in [3.8, 4) is 16.9 Å². The van der Waals surface area contributed by atoms with Gasteiger partial charge >= 0.3 is 6.09 Å². The van der Waals surface area contributed by atoms with Crippen molar-refractivity contribution >= 4 is 23.6 Å². The fraction of sp³-hybridized carbons (Fsp3) is 0. The fourth-order valence-electron chi connectivity index (χ4n) is 1.88. The van der Waals surface area contributed by atoms with Crippen LogP contribution in [0.1, 0.15) is 0 Å². The third kappa shape index (κ3) is 3.27. The predicted molar refractivity (Wildman–Crippen MR) is 83.0 cm³/mol. The van der Waals surface area contributed by atoms with Gasteiger partial charge in [-0.15, -0.1) is 0 Å². The van der Waals surface area contributed by atoms with Gasteiger partial charge in [-0.25, -0.2) is 4.79 Å². The molecule has 0 radical (unpaired) electrons. The maximum Gasteiger partial charge on any atom is 0.419 e. The van der Waals surface area contributed by atoms with E-state index in [9.17, 15) is 4.79 Å². The summed E-state index contributed by atoms with van der Waals surface area (Å²) in [5.74, 6) is 0.649. The molecular formula is C16H11ClN2O3. The molecule has 0 fully saturated rings. The van der Waals surface area contributed by atoms with Crippen LogP contribution < -0.4 is 10.1 Å². The van der Waals surface area contributed by atoms with E-state index in [-0.39, 0.29) is 5.88 Å². The first-order valence-electron chi connectivity index (χ1n) is 6.47. The highest BCUT2D eigenvalue weighted by molar-refractivity contribution is 6.30. The maximum atomic E-state index is 11.9. The van der Waals surface area contributed by atoms with E-state index in [1.54, 1.807) is 36.4 Å². The second-order valence-corrected chi connectivity index (χ2v) is 4.84. The molecule has 0 bridgehead atoms. The van der Waals surface area contributed by atoms with Crippen LogP contribution in [0, 0.1) is 0 Å². The van der Waals surface area contributed by atoms with Crippen LogP contribution in [0.5, 0.6) is 5.75 Å². The molecule has 0 aliphatic carbocycles. The number of hydrogen-bond acceptors (Lipinski definition) is 4. The Morgan fingerprint density at radius 3 is 2.55 bits per heavy atom. The van der Waals surface area contributed by atoms with Crippen LogP contribution in [-0.2, 0) is 0 Å². The number of anilines is 1. The molecule has 0 saturated carbocycles. The summed E-state index contributed by atoms with van der Waals surface area (Å²) in [5.41, 5.74) is 1.46. The molecule has 0 saturated heterocycles. The van der Waals surface area contributed by atoms with E-state index in [2.05, 4.69) is 10.5 Å². The molecule has 5 nitrogen and oxygen atoms in total. The Bertz CT molecular complexity index is 770. The van der Waals surface area contributed by atoms with Gasteiger partial charge in [0, 0.05) is 5.02 Å². The molecule has 22 heavy (non-hydrogen) atoms. The molecule has 1 amide bonds. The van der Waals surface area contributed by atoms with Crippen LogP contribution in [-0.4, -0.2) is 11.2 Å². The van der Waals surface area contributed by atoms with E-state index < -0.39 is 6.09 Å². The fourth-order valence-corrected chi connectivity index (χ4v) is 2.00. The molecule has 110 valence electrons. The molecule has 1 aromatic heterocycles. The summed E-state index contributed by atoms with van der Waals surface area (Å²) in [6.45, 7) is 0. The first-order chi connectivity index (χ1) is 10.7. The minimum atomic E-state index is -0.654. The van der Waals surface area contributed by atoms with Gasteiger partial charge < -0.3 is 9.26 Å². The van der Waals surface area contributed by atoms with Gasteiger partial charge in [-0.1, -0.05) is 47.1 Å². The van der Waals surface area contributed by atoms with Gasteiger partial charge in [-0.05, 0) is 29.8 Å². The highest BCUT2D eigenvalue weighted by Crippen LogP contribution is 2.28. The molecule has 0 atom stereocenters. The van der Waals surface area contributed by atoms with E-state index in [4.69, 9.17) is 20.9 Å². The van der Waals surface area contributed by atoms with Crippen LogP contribution in [0.4, 0.5) is 10.7 Å². The Morgan fingerprint density at radius 1 is 1.09 bits per heavy atom. The monoisotopic (exact) mass is 314 g/mol. The van der Waals surface area contributed by atoms with Crippen LogP contribution in [0.25, 0.3) is 11.1 Å². The maximum absolute atomic E-state index is 11.9. The highest BCUT2D eigenvalue weighted by Gasteiger charge is 2.14. The molecule has 3 rings (SSSR count). The average Bonchev–Trinajstić information content (AvgIpc) is 2.97. The van der Waals surface area contributed by atoms with Crippen LogP contribution in [0.3, 0.4) is 0 Å². The van der Waals surface area contributed by atoms with Crippen molar-refractivity contribution in [2.45, 2.75) is 0 Å². The standard InChI is InChI=1S/C16H11ClN2O3/c17-12-8-6-11(7-9-12)14-10-18-22-15(14)19-16(20)21-13-4-2-1-3-5-13/h1-10H,(H,19,20). The van der Waals surface area contributed by atoms with Crippen molar-refractivity contribution in [2.75, 3.05) is 5.32 Å². The molecule has 0 unspecified atom stereocenters. The number of carbonyl (C=O) groups is 1. The lowest BCUT2D eigenvalue weighted by Gasteiger charge is -2.05. The number of halogens is 1. The first-order valence-corrected chi connectivity index (χ1v) is 6.84. The summed E-state index contributed by atoms with van der Waals surface area (Å²) < 4.78 is 10.2. The molecule has 0 aliphatic heterocycles. The van der Waals surface area contributed by atoms with Gasteiger partial charge in [0.1, 0.15) is 5.75 Å². The first kappa shape index (κ1) is 14.2. The molecule has 1 N–H and O–H groups in total. The van der Waals surface area contributed by atoms with Crippen LogP contribution >= 0.6 is 11.6 Å². The van der Waals surface area contributed by atoms with Gasteiger partial charge in [0.2, 0.25) is 5.88 Å². The van der Waals surface area contributed by atoms with Crippen molar-refractivity contribution in [1.29, 1.82) is 0 Å². The van der Waals surface area contributed by atoms with Gasteiger partial charge in [-0.3, -0.25) is 5.32 Å². The Labute approximate surface area is 131 Å². The van der Waals surface area contributed by atoms with E-state index in [1.165, 1.54) is 6.20 Å². The predicted octanol–water partition coefficient (Wildman–Crippen LogP) is 4.61. The number of hydrogen-bond donors (Lipinski definition) is 1. The number of carbonyl (C=O) groups excluding carboxylic acids is 1. The molecule has 0 spiro atoms. The Morgan fingerprint density at radius 2 is 1.82 bits per heavy atom. The van der Waals surface area contributed by atoms with Crippen molar-refractivity contribution in [3.05, 3.63) is 65.8 Å². The number of aromatic nitrogens is 1. The van der Waals surface area contributed by atoms with Crippen LogP contribution in [0.15, 0.2) is 65.3 Å². The van der Waals surface area contributed by atoms with Gasteiger partial charge in [0.15, 0.2) is 0 Å². The highest BCUT2D eigenvalue weighted by atomic mass is 35.5. The van der Waals surface area contributed by atoms with Gasteiger partial charge in [0.05, 0.1) is 11.8 Å². The number of nitrogens with zero attached hydrogens (tertiary/aromatic N) is 1. The average molecular weight is 315 g/mol. The summed E-state index contributed by atoms with van der Waals surface area (Å²) in [7, 11) is 0. The molecule has 3 aromatic rings. The Kier molecular flexibility index (Phi) is 4.07. The largest absolute Gasteiger partial charge is 0.419 e.